The number of carbonyl (C=O) groups excluding carboxylic acids is 1. The predicted molar refractivity (Wildman–Crippen MR) is 51.0 cm³/mol. The highest BCUT2D eigenvalue weighted by atomic mass is 19.3. The lowest BCUT2D eigenvalue weighted by Gasteiger charge is -2.15. The van der Waals surface area contributed by atoms with Crippen molar-refractivity contribution in [3.05, 3.63) is 29.1 Å². The van der Waals surface area contributed by atoms with Gasteiger partial charge in [-0.3, -0.25) is 4.79 Å². The number of carboxylic acid groups (broad SMARTS) is 1. The zero-order chi connectivity index (χ0) is 13.9. The molecule has 98 valence electrons. The molecule has 0 aliphatic carbocycles. The van der Waals surface area contributed by atoms with Gasteiger partial charge in [0.2, 0.25) is 0 Å². The molecular formula is C10H7F3O5. The number of hydrogen-bond acceptors (Lipinski definition) is 4. The third kappa shape index (κ3) is 2.77. The highest BCUT2D eigenvalue weighted by Gasteiger charge is 2.28. The number of halogens is 3. The number of hydrogen-bond donors (Lipinski definition) is 2. The third-order valence-electron chi connectivity index (χ3n) is 2.01. The Morgan fingerprint density at radius 3 is 2.44 bits per heavy atom. The Kier molecular flexibility index (Phi) is 4.27. The number of aliphatic hydroxyl groups excluding tert-OH is 1. The molecule has 0 aromatic heterocycles. The van der Waals surface area contributed by atoms with Gasteiger partial charge in [0.25, 0.3) is 0 Å². The summed E-state index contributed by atoms with van der Waals surface area (Å²) >= 11 is 0. The standard InChI is InChI=1S/C10H7F3O5/c11-5-2-1-4(3-14)8(18-10(12)13)6(5)7(15)9(16)17/h1-3,7,10,15H,(H,16,17). The summed E-state index contributed by atoms with van der Waals surface area (Å²) in [5.74, 6) is -4.13. The van der Waals surface area contributed by atoms with Gasteiger partial charge in [0.05, 0.1) is 11.1 Å². The maximum Gasteiger partial charge on any atom is 0.387 e. The summed E-state index contributed by atoms with van der Waals surface area (Å²) in [7, 11) is 0. The molecule has 0 bridgehead atoms. The van der Waals surface area contributed by atoms with Crippen LogP contribution in [0.4, 0.5) is 13.2 Å². The van der Waals surface area contributed by atoms with Crippen LogP contribution in [0.25, 0.3) is 0 Å². The Morgan fingerprint density at radius 1 is 1.39 bits per heavy atom. The van der Waals surface area contributed by atoms with Crippen LogP contribution in [-0.2, 0) is 4.79 Å². The molecule has 0 saturated heterocycles. The fourth-order valence-corrected chi connectivity index (χ4v) is 1.28. The molecule has 18 heavy (non-hydrogen) atoms. The van der Waals surface area contributed by atoms with Crippen molar-refractivity contribution in [2.75, 3.05) is 0 Å². The minimum atomic E-state index is -3.40. The number of aldehydes is 1. The fraction of sp³-hybridized carbons (Fsp3) is 0.200. The van der Waals surface area contributed by atoms with Gasteiger partial charge in [-0.15, -0.1) is 0 Å². The largest absolute Gasteiger partial charge is 0.479 e. The van der Waals surface area contributed by atoms with Gasteiger partial charge in [-0.1, -0.05) is 0 Å². The van der Waals surface area contributed by atoms with Gasteiger partial charge in [0, 0.05) is 0 Å². The van der Waals surface area contributed by atoms with Crippen LogP contribution in [0.15, 0.2) is 12.1 Å². The summed E-state index contributed by atoms with van der Waals surface area (Å²) in [6.07, 6.45) is -2.34. The maximum atomic E-state index is 13.4. The summed E-state index contributed by atoms with van der Waals surface area (Å²) < 4.78 is 41.5. The Bertz CT molecular complexity index is 475. The van der Waals surface area contributed by atoms with Gasteiger partial charge in [-0.25, -0.2) is 9.18 Å². The van der Waals surface area contributed by atoms with Crippen molar-refractivity contribution in [1.82, 2.24) is 0 Å². The zero-order valence-corrected chi connectivity index (χ0v) is 8.64. The predicted octanol–water partition coefficient (Wildman–Crippen LogP) is 1.36. The van der Waals surface area contributed by atoms with Crippen LogP contribution in [0.2, 0.25) is 0 Å². The number of ether oxygens (including phenoxy) is 1. The summed E-state index contributed by atoms with van der Waals surface area (Å²) in [5, 5.41) is 17.7. The highest BCUT2D eigenvalue weighted by Crippen LogP contribution is 2.32. The van der Waals surface area contributed by atoms with Gasteiger partial charge in [0.1, 0.15) is 11.6 Å². The van der Waals surface area contributed by atoms with E-state index in [4.69, 9.17) is 5.11 Å². The average molecular weight is 264 g/mol. The van der Waals surface area contributed by atoms with E-state index in [0.29, 0.717) is 6.07 Å². The maximum absolute atomic E-state index is 13.4. The second-order valence-corrected chi connectivity index (χ2v) is 3.12. The molecule has 0 spiro atoms. The number of benzene rings is 1. The molecule has 5 nitrogen and oxygen atoms in total. The minimum Gasteiger partial charge on any atom is -0.479 e. The van der Waals surface area contributed by atoms with Gasteiger partial charge >= 0.3 is 12.6 Å². The summed E-state index contributed by atoms with van der Waals surface area (Å²) in [6.45, 7) is -3.40. The van der Waals surface area contributed by atoms with E-state index in [9.17, 15) is 27.9 Å². The average Bonchev–Trinajstić information content (AvgIpc) is 2.28. The molecule has 0 saturated carbocycles. The van der Waals surface area contributed by atoms with Crippen LogP contribution < -0.4 is 4.74 Å². The monoisotopic (exact) mass is 264 g/mol. The molecule has 0 fully saturated rings. The van der Waals surface area contributed by atoms with Gasteiger partial charge in [-0.05, 0) is 12.1 Å². The van der Waals surface area contributed by atoms with E-state index < -0.39 is 41.4 Å². The second-order valence-electron chi connectivity index (χ2n) is 3.12. The molecule has 2 N–H and O–H groups in total. The van der Waals surface area contributed by atoms with E-state index in [0.717, 1.165) is 6.07 Å². The molecule has 1 aromatic carbocycles. The molecule has 0 amide bonds. The Labute approximate surface area is 98.4 Å². The number of carbonyl (C=O) groups is 2. The van der Waals surface area contributed by atoms with Crippen LogP contribution in [-0.4, -0.2) is 29.1 Å². The fourth-order valence-electron chi connectivity index (χ4n) is 1.28. The van der Waals surface area contributed by atoms with Crippen LogP contribution >= 0.6 is 0 Å². The van der Waals surface area contributed by atoms with E-state index in [1.165, 1.54) is 0 Å². The minimum absolute atomic E-state index is 0.0786. The van der Waals surface area contributed by atoms with Crippen molar-refractivity contribution in [1.29, 1.82) is 0 Å². The van der Waals surface area contributed by atoms with Gasteiger partial charge < -0.3 is 14.9 Å². The molecule has 1 atom stereocenters. The van der Waals surface area contributed by atoms with Crippen LogP contribution in [0.3, 0.4) is 0 Å². The number of aliphatic hydroxyl groups is 1. The first-order valence-corrected chi connectivity index (χ1v) is 4.51. The van der Waals surface area contributed by atoms with Crippen molar-refractivity contribution in [3.8, 4) is 5.75 Å². The van der Waals surface area contributed by atoms with Crippen LogP contribution in [0, 0.1) is 5.82 Å². The first-order chi connectivity index (χ1) is 8.38. The molecule has 1 aromatic rings. The Morgan fingerprint density at radius 2 is 2.00 bits per heavy atom. The quantitative estimate of drug-likeness (QED) is 0.784. The number of alkyl halides is 2. The zero-order valence-electron chi connectivity index (χ0n) is 8.64. The third-order valence-corrected chi connectivity index (χ3v) is 2.01. The topological polar surface area (TPSA) is 83.8 Å². The van der Waals surface area contributed by atoms with Crippen molar-refractivity contribution < 1.29 is 37.7 Å². The van der Waals surface area contributed by atoms with Crippen LogP contribution in [0.1, 0.15) is 22.0 Å². The smallest absolute Gasteiger partial charge is 0.387 e. The molecular weight excluding hydrogens is 257 g/mol. The molecule has 1 rings (SSSR count). The first kappa shape index (κ1) is 14.0. The lowest BCUT2D eigenvalue weighted by molar-refractivity contribution is -0.147. The molecule has 0 aliphatic heterocycles. The highest BCUT2D eigenvalue weighted by molar-refractivity contribution is 5.83. The van der Waals surface area contributed by atoms with Crippen LogP contribution in [0.5, 0.6) is 5.75 Å². The summed E-state index contributed by atoms with van der Waals surface area (Å²) in [5.41, 5.74) is -1.51. The molecule has 1 unspecified atom stereocenters. The first-order valence-electron chi connectivity index (χ1n) is 4.51. The number of carboxylic acids is 1. The van der Waals surface area contributed by atoms with Gasteiger partial charge in [-0.2, -0.15) is 8.78 Å². The van der Waals surface area contributed by atoms with E-state index >= 15 is 0 Å². The van der Waals surface area contributed by atoms with Gasteiger partial charge in [0.15, 0.2) is 12.4 Å². The molecule has 0 radical (unpaired) electrons. The Balaban J connectivity index is 3.44. The summed E-state index contributed by atoms with van der Waals surface area (Å²) in [4.78, 5) is 21.1. The van der Waals surface area contributed by atoms with E-state index in [-0.39, 0.29) is 6.29 Å². The molecule has 0 heterocycles. The van der Waals surface area contributed by atoms with Crippen molar-refractivity contribution in [2.24, 2.45) is 0 Å². The van der Waals surface area contributed by atoms with E-state index in [1.807, 2.05) is 0 Å². The molecule has 0 aliphatic rings. The lowest BCUT2D eigenvalue weighted by atomic mass is 10.0. The number of aliphatic carboxylic acids is 1. The van der Waals surface area contributed by atoms with E-state index in [1.54, 1.807) is 0 Å². The Hall–Kier alpha value is -2.09. The molecule has 8 heteroatoms. The normalized spacial score (nSPS) is 12.3. The SMILES string of the molecule is O=Cc1ccc(F)c(C(O)C(=O)O)c1OC(F)F. The summed E-state index contributed by atoms with van der Waals surface area (Å²) in [6, 6.07) is 1.50. The second kappa shape index (κ2) is 5.50. The number of rotatable bonds is 5. The van der Waals surface area contributed by atoms with Crippen molar-refractivity contribution in [2.45, 2.75) is 12.7 Å². The lowest BCUT2D eigenvalue weighted by Crippen LogP contribution is -2.16. The van der Waals surface area contributed by atoms with Crippen molar-refractivity contribution >= 4 is 12.3 Å². The van der Waals surface area contributed by atoms with Crippen molar-refractivity contribution in [3.63, 3.8) is 0 Å². The van der Waals surface area contributed by atoms with E-state index in [2.05, 4.69) is 4.74 Å².